The van der Waals surface area contributed by atoms with E-state index in [-0.39, 0.29) is 16.9 Å². The molecule has 10 heteroatoms. The Labute approximate surface area is 155 Å². The highest BCUT2D eigenvalue weighted by atomic mass is 19.3. The highest BCUT2D eigenvalue weighted by Crippen LogP contribution is 2.31. The van der Waals surface area contributed by atoms with Crippen molar-refractivity contribution in [2.24, 2.45) is 7.05 Å². The molecule has 0 aliphatic rings. The molecule has 5 nitrogen and oxygen atoms in total. The van der Waals surface area contributed by atoms with Crippen molar-refractivity contribution in [3.63, 3.8) is 0 Å². The van der Waals surface area contributed by atoms with E-state index in [1.54, 1.807) is 0 Å². The fourth-order valence-corrected chi connectivity index (χ4v) is 2.54. The number of aryl methyl sites for hydroxylation is 1. The molecule has 1 N–H and O–H groups in total. The van der Waals surface area contributed by atoms with Crippen LogP contribution in [0.15, 0.2) is 36.7 Å². The predicted molar refractivity (Wildman–Crippen MR) is 90.3 cm³/mol. The lowest BCUT2D eigenvalue weighted by atomic mass is 10.1. The van der Waals surface area contributed by atoms with Gasteiger partial charge in [-0.25, -0.2) is 13.2 Å². The molecule has 0 bridgehead atoms. The molecule has 3 aromatic rings. The Hall–Kier alpha value is -3.30. The summed E-state index contributed by atoms with van der Waals surface area (Å²) >= 11 is 0. The van der Waals surface area contributed by atoms with Gasteiger partial charge in [0, 0.05) is 19.5 Å². The van der Waals surface area contributed by atoms with Gasteiger partial charge in [-0.2, -0.15) is 13.9 Å². The van der Waals surface area contributed by atoms with Gasteiger partial charge in [-0.1, -0.05) is 6.07 Å². The zero-order valence-corrected chi connectivity index (χ0v) is 14.6. The van der Waals surface area contributed by atoms with E-state index in [1.165, 1.54) is 17.8 Å². The number of hydrogen-bond donors (Lipinski definition) is 1. The molecular weight excluding hydrogens is 383 g/mol. The summed E-state index contributed by atoms with van der Waals surface area (Å²) in [5.41, 5.74) is -1.28. The number of nitrogens with zero attached hydrogens (tertiary/aromatic N) is 3. The Bertz CT molecular complexity index is 1040. The summed E-state index contributed by atoms with van der Waals surface area (Å²) < 4.78 is 69.6. The average molecular weight is 396 g/mol. The van der Waals surface area contributed by atoms with Crippen LogP contribution in [0.1, 0.15) is 23.0 Å². The maximum atomic E-state index is 14.4. The van der Waals surface area contributed by atoms with Crippen LogP contribution in [-0.4, -0.2) is 20.7 Å². The predicted octanol–water partition coefficient (Wildman–Crippen LogP) is 4.26. The van der Waals surface area contributed by atoms with Gasteiger partial charge in [-0.05, 0) is 18.2 Å². The Morgan fingerprint density at radius 2 is 1.71 bits per heavy atom. The normalized spacial score (nSPS) is 11.5. The van der Waals surface area contributed by atoms with Crippen LogP contribution in [0.2, 0.25) is 0 Å². The Kier molecular flexibility index (Phi) is 4.88. The molecule has 0 unspecified atom stereocenters. The molecule has 1 aromatic carbocycles. The molecule has 28 heavy (non-hydrogen) atoms. The van der Waals surface area contributed by atoms with E-state index in [4.69, 9.17) is 0 Å². The maximum absolute atomic E-state index is 14.4. The standard InChI is InChI=1S/C18H13F5N4O/c1-18(22,23)15-6-14(27(2)26-15)9-3-4-13(10(19)5-9)25-17(28)16-11(20)7-24-8-12(16)21/h3-8H,1-2H3,(H,25,28). The van der Waals surface area contributed by atoms with Gasteiger partial charge in [-0.15, -0.1) is 0 Å². The number of nitrogens with one attached hydrogen (secondary N) is 1. The largest absolute Gasteiger partial charge is 0.319 e. The Morgan fingerprint density at radius 3 is 2.25 bits per heavy atom. The second kappa shape index (κ2) is 7.02. The first-order valence-electron chi connectivity index (χ1n) is 7.90. The number of benzene rings is 1. The number of pyridine rings is 1. The van der Waals surface area contributed by atoms with Gasteiger partial charge in [0.2, 0.25) is 0 Å². The van der Waals surface area contributed by atoms with Crippen molar-refractivity contribution in [2.45, 2.75) is 12.8 Å². The smallest absolute Gasteiger partial charge is 0.288 e. The second-order valence-corrected chi connectivity index (χ2v) is 6.05. The summed E-state index contributed by atoms with van der Waals surface area (Å²) in [5.74, 6) is -7.68. The van der Waals surface area contributed by atoms with Gasteiger partial charge < -0.3 is 5.32 Å². The monoisotopic (exact) mass is 396 g/mol. The second-order valence-electron chi connectivity index (χ2n) is 6.05. The fourth-order valence-electron chi connectivity index (χ4n) is 2.54. The number of anilines is 1. The highest BCUT2D eigenvalue weighted by Gasteiger charge is 2.29. The molecule has 1 amide bonds. The first-order chi connectivity index (χ1) is 13.1. The summed E-state index contributed by atoms with van der Waals surface area (Å²) in [6.45, 7) is 0.690. The number of hydrogen-bond acceptors (Lipinski definition) is 3. The third kappa shape index (κ3) is 3.71. The first-order valence-corrected chi connectivity index (χ1v) is 7.90. The van der Waals surface area contributed by atoms with Crippen molar-refractivity contribution in [2.75, 3.05) is 5.32 Å². The van der Waals surface area contributed by atoms with Crippen molar-refractivity contribution in [3.05, 3.63) is 65.4 Å². The van der Waals surface area contributed by atoms with E-state index in [0.717, 1.165) is 18.2 Å². The minimum absolute atomic E-state index is 0.222. The third-order valence-electron chi connectivity index (χ3n) is 3.92. The fraction of sp³-hybridized carbons (Fsp3) is 0.167. The van der Waals surface area contributed by atoms with Crippen LogP contribution in [0.25, 0.3) is 11.3 Å². The first kappa shape index (κ1) is 19.5. The summed E-state index contributed by atoms with van der Waals surface area (Å²) in [4.78, 5) is 15.3. The number of aromatic nitrogens is 3. The lowest BCUT2D eigenvalue weighted by Gasteiger charge is -2.09. The van der Waals surface area contributed by atoms with E-state index >= 15 is 0 Å². The number of carbonyl (C=O) groups is 1. The zero-order chi connectivity index (χ0) is 20.6. The van der Waals surface area contributed by atoms with Crippen LogP contribution in [0, 0.1) is 17.5 Å². The topological polar surface area (TPSA) is 59.8 Å². The molecule has 146 valence electrons. The minimum Gasteiger partial charge on any atom is -0.319 e. The summed E-state index contributed by atoms with van der Waals surface area (Å²) in [7, 11) is 1.42. The molecule has 0 aliphatic heterocycles. The van der Waals surface area contributed by atoms with Crippen LogP contribution in [-0.2, 0) is 13.0 Å². The molecule has 0 saturated heterocycles. The number of carbonyl (C=O) groups excluding carboxylic acids is 1. The highest BCUT2D eigenvalue weighted by molar-refractivity contribution is 6.04. The molecule has 3 rings (SSSR count). The van der Waals surface area contributed by atoms with Crippen LogP contribution in [0.3, 0.4) is 0 Å². The van der Waals surface area contributed by atoms with E-state index in [2.05, 4.69) is 15.4 Å². The van der Waals surface area contributed by atoms with Crippen molar-refractivity contribution in [1.29, 1.82) is 0 Å². The van der Waals surface area contributed by atoms with E-state index in [0.29, 0.717) is 19.3 Å². The van der Waals surface area contributed by atoms with Crippen LogP contribution in [0.5, 0.6) is 0 Å². The van der Waals surface area contributed by atoms with Gasteiger partial charge in [0.25, 0.3) is 11.8 Å². The minimum atomic E-state index is -3.17. The lowest BCUT2D eigenvalue weighted by molar-refractivity contribution is 0.0122. The molecule has 0 saturated carbocycles. The lowest BCUT2D eigenvalue weighted by Crippen LogP contribution is -2.17. The molecule has 0 atom stereocenters. The van der Waals surface area contributed by atoms with Gasteiger partial charge >= 0.3 is 0 Å². The average Bonchev–Trinajstić information content (AvgIpc) is 2.99. The van der Waals surface area contributed by atoms with Gasteiger partial charge in [0.15, 0.2) is 11.6 Å². The Balaban J connectivity index is 1.90. The van der Waals surface area contributed by atoms with E-state index in [9.17, 15) is 26.7 Å². The van der Waals surface area contributed by atoms with Crippen LogP contribution < -0.4 is 5.32 Å². The van der Waals surface area contributed by atoms with E-state index in [1.807, 2.05) is 0 Å². The summed E-state index contributed by atoms with van der Waals surface area (Å²) in [6, 6.07) is 4.61. The van der Waals surface area contributed by atoms with Crippen molar-refractivity contribution in [1.82, 2.24) is 14.8 Å². The maximum Gasteiger partial charge on any atom is 0.288 e. The molecule has 0 fully saturated rings. The summed E-state index contributed by atoms with van der Waals surface area (Å²) in [5, 5.41) is 5.77. The number of rotatable bonds is 4. The SMILES string of the molecule is Cn1nc(C(C)(F)F)cc1-c1ccc(NC(=O)c2c(F)cncc2F)c(F)c1. The van der Waals surface area contributed by atoms with Crippen molar-refractivity contribution in [3.8, 4) is 11.3 Å². The van der Waals surface area contributed by atoms with Crippen LogP contribution >= 0.6 is 0 Å². The molecule has 2 heterocycles. The molecular formula is C18H13F5N4O. The molecule has 0 radical (unpaired) electrons. The van der Waals surface area contributed by atoms with E-state index < -0.39 is 40.5 Å². The molecule has 2 aromatic heterocycles. The zero-order valence-electron chi connectivity index (χ0n) is 14.6. The van der Waals surface area contributed by atoms with Crippen molar-refractivity contribution < 1.29 is 26.7 Å². The van der Waals surface area contributed by atoms with Gasteiger partial charge in [0.1, 0.15) is 17.1 Å². The molecule has 0 aliphatic carbocycles. The van der Waals surface area contributed by atoms with Gasteiger partial charge in [0.05, 0.1) is 23.8 Å². The number of halogens is 5. The number of amides is 1. The summed E-state index contributed by atoms with van der Waals surface area (Å²) in [6.07, 6.45) is 1.31. The van der Waals surface area contributed by atoms with Crippen LogP contribution in [0.4, 0.5) is 27.6 Å². The van der Waals surface area contributed by atoms with Gasteiger partial charge in [-0.3, -0.25) is 14.5 Å². The third-order valence-corrected chi connectivity index (χ3v) is 3.92. The number of alkyl halides is 2. The molecule has 0 spiro atoms. The quantitative estimate of drug-likeness (QED) is 0.671. The Morgan fingerprint density at radius 1 is 1.07 bits per heavy atom. The van der Waals surface area contributed by atoms with Crippen molar-refractivity contribution >= 4 is 11.6 Å².